The number of imide groups is 1. The Morgan fingerprint density at radius 3 is 2.00 bits per heavy atom. The number of carbonyl (C=O) groups is 2. The summed E-state index contributed by atoms with van der Waals surface area (Å²) < 4.78 is 11.7. The molecule has 0 spiro atoms. The summed E-state index contributed by atoms with van der Waals surface area (Å²) in [4.78, 5) is 25.8. The fourth-order valence-electron chi connectivity index (χ4n) is 2.82. The van der Waals surface area contributed by atoms with Crippen molar-refractivity contribution < 1.29 is 18.9 Å². The van der Waals surface area contributed by atoms with Gasteiger partial charge >= 0.3 is 7.12 Å². The van der Waals surface area contributed by atoms with Crippen LogP contribution in [-0.2, 0) is 9.31 Å². The van der Waals surface area contributed by atoms with E-state index in [1.54, 1.807) is 24.3 Å². The molecule has 0 unspecified atom stereocenters. The third kappa shape index (κ3) is 2.80. The molecule has 0 bridgehead atoms. The molecule has 0 radical (unpaired) electrons. The van der Waals surface area contributed by atoms with Gasteiger partial charge in [-0.1, -0.05) is 24.2 Å². The zero-order valence-electron chi connectivity index (χ0n) is 14.5. The minimum absolute atomic E-state index is 0.223. The summed E-state index contributed by atoms with van der Waals surface area (Å²) in [6, 6.07) is 6.92. The Kier molecular flexibility index (Phi) is 4.14. The number of carbonyl (C=O) groups excluding carboxylic acids is 2. The normalized spacial score (nSPS) is 21.8. The lowest BCUT2D eigenvalue weighted by atomic mass is 9.90. The van der Waals surface area contributed by atoms with Crippen LogP contribution in [0.3, 0.4) is 0 Å². The maximum atomic E-state index is 12.3. The topological polar surface area (TPSA) is 55.8 Å². The average molecular weight is 327 g/mol. The molecular formula is C18H22BNO4. The summed E-state index contributed by atoms with van der Waals surface area (Å²) in [5.74, 6) is 1.40. The van der Waals surface area contributed by atoms with Crippen LogP contribution in [0.25, 0.3) is 0 Å². The lowest BCUT2D eigenvalue weighted by molar-refractivity contribution is 0.00578. The number of nitrogens with zero attached hydrogens (tertiary/aromatic N) is 1. The van der Waals surface area contributed by atoms with Gasteiger partial charge in [0.05, 0.1) is 22.3 Å². The van der Waals surface area contributed by atoms with Crippen LogP contribution in [0.5, 0.6) is 0 Å². The first-order chi connectivity index (χ1) is 11.2. The summed E-state index contributed by atoms with van der Waals surface area (Å²) in [5, 5.41) is 0. The van der Waals surface area contributed by atoms with Gasteiger partial charge in [0.2, 0.25) is 0 Å². The fourth-order valence-corrected chi connectivity index (χ4v) is 2.82. The van der Waals surface area contributed by atoms with Gasteiger partial charge in [-0.3, -0.25) is 14.5 Å². The number of rotatable bonds is 4. The Bertz CT molecular complexity index is 660. The van der Waals surface area contributed by atoms with E-state index < -0.39 is 7.12 Å². The quantitative estimate of drug-likeness (QED) is 0.630. The van der Waals surface area contributed by atoms with Gasteiger partial charge in [0.25, 0.3) is 11.8 Å². The molecule has 2 aliphatic rings. The summed E-state index contributed by atoms with van der Waals surface area (Å²) in [6.45, 7) is 8.35. The second-order valence-corrected chi connectivity index (χ2v) is 7.15. The van der Waals surface area contributed by atoms with Crippen molar-refractivity contribution in [1.82, 2.24) is 4.90 Å². The molecule has 6 heteroatoms. The molecule has 5 nitrogen and oxygen atoms in total. The molecule has 2 heterocycles. The van der Waals surface area contributed by atoms with Gasteiger partial charge in [-0.15, -0.1) is 0 Å². The standard InChI is InChI=1S/C18H22BNO4/c1-17(2)18(3,4)24-19(23-17)11-7-8-12-20-15(21)13-9-5-6-10-14(13)16(20)22/h5-7,9-11H,8,12H2,1-4H3. The van der Waals surface area contributed by atoms with Gasteiger partial charge in [0, 0.05) is 6.54 Å². The molecule has 1 fully saturated rings. The van der Waals surface area contributed by atoms with E-state index in [2.05, 4.69) is 0 Å². The summed E-state index contributed by atoms with van der Waals surface area (Å²) in [6.07, 6.45) is 2.46. The van der Waals surface area contributed by atoms with Crippen LogP contribution in [0, 0.1) is 0 Å². The molecule has 0 saturated carbocycles. The molecular weight excluding hydrogens is 305 g/mol. The van der Waals surface area contributed by atoms with E-state index in [1.807, 2.05) is 39.7 Å². The number of benzene rings is 1. The SMILES string of the molecule is CC1(C)OB(C=CCCN2C(=O)c3ccccc3C2=O)OC1(C)C. The predicted molar refractivity (Wildman–Crippen MR) is 91.6 cm³/mol. The summed E-state index contributed by atoms with van der Waals surface area (Å²) in [7, 11) is -0.405. The van der Waals surface area contributed by atoms with Crippen molar-refractivity contribution in [1.29, 1.82) is 0 Å². The molecule has 1 aromatic carbocycles. The van der Waals surface area contributed by atoms with Crippen LogP contribution in [0.2, 0.25) is 0 Å². The Morgan fingerprint density at radius 2 is 1.50 bits per heavy atom. The highest BCUT2D eigenvalue weighted by Crippen LogP contribution is 2.36. The number of amides is 2. The molecule has 1 aromatic rings. The Morgan fingerprint density at radius 1 is 1.00 bits per heavy atom. The highest BCUT2D eigenvalue weighted by atomic mass is 16.7. The molecule has 0 N–H and O–H groups in total. The lowest BCUT2D eigenvalue weighted by Gasteiger charge is -2.32. The molecule has 0 atom stereocenters. The highest BCUT2D eigenvalue weighted by molar-refractivity contribution is 6.51. The molecule has 2 amide bonds. The van der Waals surface area contributed by atoms with E-state index in [0.29, 0.717) is 24.1 Å². The maximum Gasteiger partial charge on any atom is 0.486 e. The van der Waals surface area contributed by atoms with Crippen molar-refractivity contribution >= 4 is 18.9 Å². The van der Waals surface area contributed by atoms with Gasteiger partial charge < -0.3 is 9.31 Å². The molecule has 0 aromatic heterocycles. The zero-order valence-corrected chi connectivity index (χ0v) is 14.5. The Hall–Kier alpha value is -1.92. The van der Waals surface area contributed by atoms with E-state index >= 15 is 0 Å². The molecule has 126 valence electrons. The van der Waals surface area contributed by atoms with Crippen LogP contribution in [0.15, 0.2) is 36.3 Å². The first kappa shape index (κ1) is 16.9. The van der Waals surface area contributed by atoms with Gasteiger partial charge in [-0.2, -0.15) is 0 Å². The average Bonchev–Trinajstić information content (AvgIpc) is 2.87. The van der Waals surface area contributed by atoms with Gasteiger partial charge in [-0.05, 0) is 46.2 Å². The van der Waals surface area contributed by atoms with Crippen LogP contribution in [-0.4, -0.2) is 41.6 Å². The van der Waals surface area contributed by atoms with E-state index in [4.69, 9.17) is 9.31 Å². The Labute approximate surface area is 142 Å². The molecule has 1 saturated heterocycles. The Balaban J connectivity index is 1.57. The first-order valence-corrected chi connectivity index (χ1v) is 8.20. The second-order valence-electron chi connectivity index (χ2n) is 7.15. The monoisotopic (exact) mass is 327 g/mol. The summed E-state index contributed by atoms with van der Waals surface area (Å²) >= 11 is 0. The van der Waals surface area contributed by atoms with E-state index in [9.17, 15) is 9.59 Å². The summed E-state index contributed by atoms with van der Waals surface area (Å²) in [5.41, 5.74) is 0.226. The molecule has 24 heavy (non-hydrogen) atoms. The van der Waals surface area contributed by atoms with Crippen LogP contribution in [0.1, 0.15) is 54.8 Å². The van der Waals surface area contributed by atoms with Crippen molar-refractivity contribution in [2.24, 2.45) is 0 Å². The van der Waals surface area contributed by atoms with Gasteiger partial charge in [0.1, 0.15) is 0 Å². The lowest BCUT2D eigenvalue weighted by Crippen LogP contribution is -2.41. The van der Waals surface area contributed by atoms with E-state index in [0.717, 1.165) is 0 Å². The predicted octanol–water partition coefficient (Wildman–Crippen LogP) is 2.86. The minimum atomic E-state index is -0.405. The van der Waals surface area contributed by atoms with E-state index in [1.165, 1.54) is 4.90 Å². The highest BCUT2D eigenvalue weighted by Gasteiger charge is 2.50. The van der Waals surface area contributed by atoms with Crippen LogP contribution in [0.4, 0.5) is 0 Å². The third-order valence-corrected chi connectivity index (χ3v) is 4.96. The molecule has 0 aliphatic carbocycles. The second kappa shape index (κ2) is 5.86. The van der Waals surface area contributed by atoms with Gasteiger partial charge in [-0.25, -0.2) is 0 Å². The number of hydrogen-bond acceptors (Lipinski definition) is 4. The third-order valence-electron chi connectivity index (χ3n) is 4.96. The number of fused-ring (bicyclic) bond motifs is 1. The largest absolute Gasteiger partial charge is 0.486 e. The van der Waals surface area contributed by atoms with Crippen molar-refractivity contribution in [2.45, 2.75) is 45.3 Å². The van der Waals surface area contributed by atoms with Crippen molar-refractivity contribution in [3.63, 3.8) is 0 Å². The van der Waals surface area contributed by atoms with Crippen molar-refractivity contribution in [3.05, 3.63) is 47.4 Å². The first-order valence-electron chi connectivity index (χ1n) is 8.20. The van der Waals surface area contributed by atoms with Crippen molar-refractivity contribution in [2.75, 3.05) is 6.54 Å². The van der Waals surface area contributed by atoms with Gasteiger partial charge in [0.15, 0.2) is 0 Å². The van der Waals surface area contributed by atoms with E-state index in [-0.39, 0.29) is 23.0 Å². The number of hydrogen-bond donors (Lipinski definition) is 0. The fraction of sp³-hybridized carbons (Fsp3) is 0.444. The molecule has 2 aliphatic heterocycles. The van der Waals surface area contributed by atoms with Crippen LogP contribution >= 0.6 is 0 Å². The minimum Gasteiger partial charge on any atom is -0.400 e. The van der Waals surface area contributed by atoms with Crippen LogP contribution < -0.4 is 0 Å². The van der Waals surface area contributed by atoms with Crippen molar-refractivity contribution in [3.8, 4) is 0 Å². The maximum absolute atomic E-state index is 12.3. The molecule has 3 rings (SSSR count). The zero-order chi connectivity index (χ0) is 17.5. The smallest absolute Gasteiger partial charge is 0.400 e.